The molecular weight excluding hydrogens is 386 g/mol. The second-order valence-electron chi connectivity index (χ2n) is 6.48. The molecule has 1 aliphatic heterocycles. The summed E-state index contributed by atoms with van der Waals surface area (Å²) in [6.45, 7) is 7.11. The molecule has 0 N–H and O–H groups in total. The molecule has 9 heteroatoms. The van der Waals surface area contributed by atoms with Crippen molar-refractivity contribution < 1.29 is 16.8 Å². The molecule has 3 rings (SSSR count). The van der Waals surface area contributed by atoms with Crippen LogP contribution in [0.15, 0.2) is 52.4 Å². The molecule has 2 heterocycles. The van der Waals surface area contributed by atoms with E-state index in [4.69, 9.17) is 0 Å². The molecule has 1 aliphatic rings. The van der Waals surface area contributed by atoms with Crippen molar-refractivity contribution >= 4 is 20.0 Å². The van der Waals surface area contributed by atoms with Gasteiger partial charge in [0.2, 0.25) is 20.0 Å². The second kappa shape index (κ2) is 7.38. The molecular formula is C18H25N3O4S2. The lowest BCUT2D eigenvalue weighted by molar-refractivity contribution is 0.282. The van der Waals surface area contributed by atoms with Gasteiger partial charge in [-0.3, -0.25) is 0 Å². The summed E-state index contributed by atoms with van der Waals surface area (Å²) in [6, 6.07) is 9.06. The van der Waals surface area contributed by atoms with Crippen molar-refractivity contribution in [2.45, 2.75) is 43.1 Å². The highest BCUT2D eigenvalue weighted by molar-refractivity contribution is 7.89. The van der Waals surface area contributed by atoms with Gasteiger partial charge in [-0.05, 0) is 43.3 Å². The van der Waals surface area contributed by atoms with Crippen LogP contribution in [0.4, 0.5) is 0 Å². The Morgan fingerprint density at radius 3 is 2.15 bits per heavy atom. The van der Waals surface area contributed by atoms with Crippen molar-refractivity contribution in [3.8, 4) is 0 Å². The number of sulfonamides is 2. The number of hydrogen-bond donors (Lipinski definition) is 0. The summed E-state index contributed by atoms with van der Waals surface area (Å²) in [6.07, 6.45) is 1.95. The van der Waals surface area contributed by atoms with Crippen LogP contribution in [-0.4, -0.2) is 49.6 Å². The SMILES string of the molecule is CCN(CC)S(=O)(=O)c1ccc(S(=O)(=O)N2CCn3cccc3[C@H]2C)cc1. The summed E-state index contributed by atoms with van der Waals surface area (Å²) in [5.41, 5.74) is 0.950. The van der Waals surface area contributed by atoms with E-state index in [2.05, 4.69) is 4.57 Å². The van der Waals surface area contributed by atoms with Gasteiger partial charge in [-0.15, -0.1) is 0 Å². The van der Waals surface area contributed by atoms with Crippen LogP contribution < -0.4 is 0 Å². The minimum Gasteiger partial charge on any atom is -0.349 e. The van der Waals surface area contributed by atoms with Crippen molar-refractivity contribution in [2.75, 3.05) is 19.6 Å². The van der Waals surface area contributed by atoms with Crippen LogP contribution in [0.1, 0.15) is 32.5 Å². The van der Waals surface area contributed by atoms with Crippen molar-refractivity contribution in [3.63, 3.8) is 0 Å². The van der Waals surface area contributed by atoms with Gasteiger partial charge in [0.25, 0.3) is 0 Å². The fourth-order valence-electron chi connectivity index (χ4n) is 3.52. The average molecular weight is 412 g/mol. The molecule has 7 nitrogen and oxygen atoms in total. The van der Waals surface area contributed by atoms with E-state index < -0.39 is 20.0 Å². The van der Waals surface area contributed by atoms with Gasteiger partial charge in [0.05, 0.1) is 15.8 Å². The summed E-state index contributed by atoms with van der Waals surface area (Å²) in [7, 11) is -7.32. The first-order valence-corrected chi connectivity index (χ1v) is 11.9. The van der Waals surface area contributed by atoms with Crippen LogP contribution in [0, 0.1) is 0 Å². The summed E-state index contributed by atoms with van der Waals surface area (Å²) in [4.78, 5) is 0.207. The number of hydrogen-bond acceptors (Lipinski definition) is 4. The summed E-state index contributed by atoms with van der Waals surface area (Å²) in [5.74, 6) is 0. The fraction of sp³-hybridized carbons (Fsp3) is 0.444. The maximum Gasteiger partial charge on any atom is 0.243 e. The number of aromatic nitrogens is 1. The van der Waals surface area contributed by atoms with Crippen molar-refractivity contribution in [3.05, 3.63) is 48.3 Å². The Hall–Kier alpha value is -1.68. The third-order valence-corrected chi connectivity index (χ3v) is 9.11. The molecule has 0 saturated heterocycles. The van der Waals surface area contributed by atoms with E-state index in [0.717, 1.165) is 5.69 Å². The van der Waals surface area contributed by atoms with E-state index in [1.807, 2.05) is 25.3 Å². The molecule has 0 fully saturated rings. The third kappa shape index (κ3) is 3.44. The lowest BCUT2D eigenvalue weighted by atomic mass is 10.2. The van der Waals surface area contributed by atoms with Gasteiger partial charge >= 0.3 is 0 Å². The van der Waals surface area contributed by atoms with E-state index in [0.29, 0.717) is 26.2 Å². The van der Waals surface area contributed by atoms with Gasteiger partial charge in [-0.1, -0.05) is 13.8 Å². The Kier molecular flexibility index (Phi) is 5.49. The quantitative estimate of drug-likeness (QED) is 0.730. The molecule has 0 radical (unpaired) electrons. The lowest BCUT2D eigenvalue weighted by Gasteiger charge is -2.33. The molecule has 1 atom stereocenters. The predicted molar refractivity (Wildman–Crippen MR) is 103 cm³/mol. The average Bonchev–Trinajstić information content (AvgIpc) is 3.12. The number of rotatable bonds is 6. The van der Waals surface area contributed by atoms with Crippen molar-refractivity contribution in [2.24, 2.45) is 0 Å². The van der Waals surface area contributed by atoms with E-state index in [-0.39, 0.29) is 15.8 Å². The Labute approximate surface area is 161 Å². The smallest absolute Gasteiger partial charge is 0.243 e. The first-order valence-electron chi connectivity index (χ1n) is 9.00. The third-order valence-electron chi connectivity index (χ3n) is 5.06. The molecule has 0 bridgehead atoms. The zero-order valence-corrected chi connectivity index (χ0v) is 17.4. The Balaban J connectivity index is 1.91. The molecule has 0 saturated carbocycles. The minimum atomic E-state index is -3.71. The molecule has 0 unspecified atom stereocenters. The zero-order valence-electron chi connectivity index (χ0n) is 15.7. The van der Waals surface area contributed by atoms with Gasteiger partial charge in [-0.25, -0.2) is 16.8 Å². The van der Waals surface area contributed by atoms with Crippen LogP contribution >= 0.6 is 0 Å². The highest BCUT2D eigenvalue weighted by atomic mass is 32.2. The normalized spacial score (nSPS) is 18.6. The van der Waals surface area contributed by atoms with Gasteiger partial charge in [0, 0.05) is 38.1 Å². The Morgan fingerprint density at radius 2 is 1.56 bits per heavy atom. The van der Waals surface area contributed by atoms with Crippen LogP contribution in [0.25, 0.3) is 0 Å². The molecule has 0 amide bonds. The largest absolute Gasteiger partial charge is 0.349 e. The summed E-state index contributed by atoms with van der Waals surface area (Å²) in [5, 5.41) is 0. The monoisotopic (exact) mass is 411 g/mol. The van der Waals surface area contributed by atoms with Crippen LogP contribution in [-0.2, 0) is 26.6 Å². The van der Waals surface area contributed by atoms with Crippen LogP contribution in [0.3, 0.4) is 0 Å². The lowest BCUT2D eigenvalue weighted by Crippen LogP contribution is -2.40. The van der Waals surface area contributed by atoms with Crippen LogP contribution in [0.5, 0.6) is 0 Å². The number of fused-ring (bicyclic) bond motifs is 1. The molecule has 148 valence electrons. The summed E-state index contributed by atoms with van der Waals surface area (Å²) >= 11 is 0. The zero-order chi connectivity index (χ0) is 19.8. The first kappa shape index (κ1) is 20.1. The highest BCUT2D eigenvalue weighted by Crippen LogP contribution is 2.31. The van der Waals surface area contributed by atoms with E-state index >= 15 is 0 Å². The van der Waals surface area contributed by atoms with E-state index in [9.17, 15) is 16.8 Å². The molecule has 0 spiro atoms. The van der Waals surface area contributed by atoms with Gasteiger partial charge < -0.3 is 4.57 Å². The first-order chi connectivity index (χ1) is 12.7. The van der Waals surface area contributed by atoms with Crippen molar-refractivity contribution in [1.82, 2.24) is 13.2 Å². The Morgan fingerprint density at radius 1 is 0.963 bits per heavy atom. The Bertz CT molecular complexity index is 1010. The van der Waals surface area contributed by atoms with E-state index in [1.165, 1.54) is 32.9 Å². The van der Waals surface area contributed by atoms with Crippen molar-refractivity contribution in [1.29, 1.82) is 0 Å². The minimum absolute atomic E-state index is 0.103. The molecule has 2 aromatic rings. The molecule has 1 aromatic heterocycles. The fourth-order valence-corrected chi connectivity index (χ4v) is 6.57. The maximum atomic E-state index is 13.1. The standard InChI is InChI=1S/C18H25N3O4S2/c1-4-20(5-2)26(22,23)16-8-10-17(11-9-16)27(24,25)21-14-13-19-12-6-7-18(19)15(21)3/h6-12,15H,4-5,13-14H2,1-3H3/t15-/m1/s1. The topological polar surface area (TPSA) is 79.7 Å². The summed E-state index contributed by atoms with van der Waals surface area (Å²) < 4.78 is 56.2. The number of nitrogens with zero attached hydrogens (tertiary/aromatic N) is 3. The van der Waals surface area contributed by atoms with E-state index in [1.54, 1.807) is 13.8 Å². The van der Waals surface area contributed by atoms with Crippen LogP contribution in [0.2, 0.25) is 0 Å². The maximum absolute atomic E-state index is 13.1. The second-order valence-corrected chi connectivity index (χ2v) is 10.3. The molecule has 0 aliphatic carbocycles. The molecule has 1 aromatic carbocycles. The van der Waals surface area contributed by atoms with Gasteiger partial charge in [-0.2, -0.15) is 8.61 Å². The number of benzene rings is 1. The van der Waals surface area contributed by atoms with Gasteiger partial charge in [0.1, 0.15) is 0 Å². The highest BCUT2D eigenvalue weighted by Gasteiger charge is 2.34. The van der Waals surface area contributed by atoms with Gasteiger partial charge in [0.15, 0.2) is 0 Å². The predicted octanol–water partition coefficient (Wildman–Crippen LogP) is 2.28. The molecule has 27 heavy (non-hydrogen) atoms.